The van der Waals surface area contributed by atoms with Crippen LogP contribution in [-0.4, -0.2) is 24.2 Å². The van der Waals surface area contributed by atoms with Crippen LogP contribution in [0.1, 0.15) is 21.5 Å². The van der Waals surface area contributed by atoms with E-state index in [0.717, 1.165) is 27.1 Å². The fourth-order valence-electron chi connectivity index (χ4n) is 4.19. The molecular weight excluding hydrogens is 482 g/mol. The van der Waals surface area contributed by atoms with Crippen LogP contribution in [0.5, 0.6) is 11.5 Å². The molecule has 0 atom stereocenters. The molecule has 1 N–H and O–H groups in total. The lowest BCUT2D eigenvalue weighted by Gasteiger charge is -2.12. The van der Waals surface area contributed by atoms with Crippen molar-refractivity contribution in [3.63, 3.8) is 0 Å². The number of benzene rings is 5. The number of rotatable bonds is 8. The van der Waals surface area contributed by atoms with Gasteiger partial charge < -0.3 is 9.47 Å². The van der Waals surface area contributed by atoms with Crippen LogP contribution >= 0.6 is 0 Å². The number of methoxy groups -OCH3 is 1. The van der Waals surface area contributed by atoms with Crippen molar-refractivity contribution in [2.75, 3.05) is 7.11 Å². The Hall–Kier alpha value is -5.24. The third kappa shape index (κ3) is 5.15. The minimum Gasteiger partial charge on any atom is -0.496 e. The van der Waals surface area contributed by atoms with E-state index in [9.17, 15) is 14.9 Å². The van der Waals surface area contributed by atoms with Crippen molar-refractivity contribution in [2.45, 2.75) is 6.61 Å². The number of hydrazone groups is 1. The number of hydrogen-bond acceptors (Lipinski definition) is 6. The number of nitro benzene ring substituents is 1. The smallest absolute Gasteiger partial charge is 0.275 e. The Labute approximate surface area is 218 Å². The minimum atomic E-state index is -0.440. The minimum absolute atomic E-state index is 0.0195. The van der Waals surface area contributed by atoms with Gasteiger partial charge in [-0.15, -0.1) is 0 Å². The van der Waals surface area contributed by atoms with Gasteiger partial charge in [0.1, 0.15) is 18.1 Å². The first-order valence-corrected chi connectivity index (χ1v) is 11.8. The Morgan fingerprint density at radius 1 is 0.895 bits per heavy atom. The van der Waals surface area contributed by atoms with Crippen LogP contribution in [0.4, 0.5) is 5.69 Å². The molecule has 1 amide bonds. The normalized spacial score (nSPS) is 11.1. The lowest BCUT2D eigenvalue weighted by Crippen LogP contribution is -2.18. The molecular formula is C30H23N3O5. The van der Waals surface area contributed by atoms with Gasteiger partial charge in [0.15, 0.2) is 0 Å². The molecule has 0 fully saturated rings. The summed E-state index contributed by atoms with van der Waals surface area (Å²) in [6.45, 7) is 0.206. The van der Waals surface area contributed by atoms with Crippen LogP contribution in [0, 0.1) is 10.1 Å². The summed E-state index contributed by atoms with van der Waals surface area (Å²) >= 11 is 0. The van der Waals surface area contributed by atoms with E-state index < -0.39 is 10.8 Å². The molecule has 5 aromatic rings. The topological polar surface area (TPSA) is 103 Å². The van der Waals surface area contributed by atoms with Crippen LogP contribution in [0.15, 0.2) is 102 Å². The number of non-ortho nitro benzene ring substituents is 1. The van der Waals surface area contributed by atoms with Gasteiger partial charge >= 0.3 is 0 Å². The molecule has 0 saturated carbocycles. The van der Waals surface area contributed by atoms with E-state index in [-0.39, 0.29) is 12.3 Å². The zero-order valence-electron chi connectivity index (χ0n) is 20.5. The first-order valence-electron chi connectivity index (χ1n) is 11.8. The molecule has 0 aliphatic heterocycles. The van der Waals surface area contributed by atoms with Gasteiger partial charge in [-0.2, -0.15) is 5.10 Å². The first kappa shape index (κ1) is 24.5. The molecule has 0 aliphatic carbocycles. The van der Waals surface area contributed by atoms with E-state index in [2.05, 4.69) is 10.5 Å². The highest BCUT2D eigenvalue weighted by atomic mass is 16.6. The highest BCUT2D eigenvalue weighted by molar-refractivity contribution is 6.04. The van der Waals surface area contributed by atoms with Gasteiger partial charge in [-0.1, -0.05) is 54.6 Å². The zero-order valence-corrected chi connectivity index (χ0v) is 20.5. The predicted molar refractivity (Wildman–Crippen MR) is 147 cm³/mol. The second-order valence-electron chi connectivity index (χ2n) is 8.51. The largest absolute Gasteiger partial charge is 0.496 e. The molecule has 38 heavy (non-hydrogen) atoms. The van der Waals surface area contributed by atoms with Gasteiger partial charge in [0.25, 0.3) is 11.6 Å². The van der Waals surface area contributed by atoms with Gasteiger partial charge in [0, 0.05) is 17.7 Å². The summed E-state index contributed by atoms with van der Waals surface area (Å²) in [6.07, 6.45) is 1.55. The van der Waals surface area contributed by atoms with Crippen molar-refractivity contribution in [1.29, 1.82) is 0 Å². The van der Waals surface area contributed by atoms with E-state index in [1.54, 1.807) is 24.4 Å². The quantitative estimate of drug-likeness (QED) is 0.152. The third-order valence-corrected chi connectivity index (χ3v) is 6.14. The zero-order chi connectivity index (χ0) is 26.5. The van der Waals surface area contributed by atoms with Crippen molar-refractivity contribution >= 4 is 39.4 Å². The Bertz CT molecular complexity index is 1680. The number of carbonyl (C=O) groups is 1. The number of hydrogen-bond donors (Lipinski definition) is 1. The Morgan fingerprint density at radius 3 is 2.29 bits per heavy atom. The standard InChI is InChI=1S/C30H23N3O5/c1-37-29-17-23-8-3-2-7-22(23)16-26(29)30(34)32-31-18-27-25-9-5-4-6-21(25)12-15-28(27)38-19-20-10-13-24(14-11-20)33(35)36/h2-18H,19H2,1H3,(H,32,34)/b31-18-. The average Bonchev–Trinajstić information content (AvgIpc) is 2.95. The lowest BCUT2D eigenvalue weighted by molar-refractivity contribution is -0.384. The molecule has 0 bridgehead atoms. The number of nitrogens with zero attached hydrogens (tertiary/aromatic N) is 2. The van der Waals surface area contributed by atoms with Gasteiger partial charge in [-0.05, 0) is 57.4 Å². The molecule has 0 spiro atoms. The summed E-state index contributed by atoms with van der Waals surface area (Å²) in [5.74, 6) is 0.606. The maximum absolute atomic E-state index is 13.0. The van der Waals surface area contributed by atoms with Gasteiger partial charge in [0.2, 0.25) is 0 Å². The van der Waals surface area contributed by atoms with Crippen molar-refractivity contribution in [2.24, 2.45) is 5.10 Å². The van der Waals surface area contributed by atoms with Crippen molar-refractivity contribution in [3.05, 3.63) is 124 Å². The summed E-state index contributed by atoms with van der Waals surface area (Å²) in [5.41, 5.74) is 4.46. The van der Waals surface area contributed by atoms with Crippen molar-refractivity contribution < 1.29 is 19.2 Å². The second-order valence-corrected chi connectivity index (χ2v) is 8.51. The Kier molecular flexibility index (Phi) is 6.95. The summed E-state index contributed by atoms with van der Waals surface area (Å²) in [4.78, 5) is 23.5. The summed E-state index contributed by atoms with van der Waals surface area (Å²) < 4.78 is 11.5. The van der Waals surface area contributed by atoms with Crippen LogP contribution in [0.3, 0.4) is 0 Å². The van der Waals surface area contributed by atoms with Crippen molar-refractivity contribution in [3.8, 4) is 11.5 Å². The summed E-state index contributed by atoms with van der Waals surface area (Å²) in [7, 11) is 1.52. The SMILES string of the molecule is COc1cc2ccccc2cc1C(=O)N/N=C\c1c(OCc2ccc([N+](=O)[O-])cc2)ccc2ccccc12. The molecule has 0 aliphatic rings. The number of carbonyl (C=O) groups excluding carboxylic acids is 1. The molecule has 188 valence electrons. The monoisotopic (exact) mass is 505 g/mol. The lowest BCUT2D eigenvalue weighted by atomic mass is 10.0. The Balaban J connectivity index is 1.40. The number of nitrogens with one attached hydrogen (secondary N) is 1. The molecule has 5 aromatic carbocycles. The molecule has 0 heterocycles. The molecule has 0 radical (unpaired) electrons. The molecule has 0 saturated heterocycles. The highest BCUT2D eigenvalue weighted by Gasteiger charge is 2.14. The molecule has 8 heteroatoms. The van der Waals surface area contributed by atoms with Gasteiger partial charge in [0.05, 0.1) is 23.8 Å². The average molecular weight is 506 g/mol. The molecule has 0 aromatic heterocycles. The van der Waals surface area contributed by atoms with E-state index in [1.807, 2.05) is 66.7 Å². The number of nitro groups is 1. The first-order chi connectivity index (χ1) is 18.5. The van der Waals surface area contributed by atoms with Crippen molar-refractivity contribution in [1.82, 2.24) is 5.43 Å². The molecule has 0 unspecified atom stereocenters. The maximum atomic E-state index is 13.0. The van der Waals surface area contributed by atoms with Crippen LogP contribution in [0.2, 0.25) is 0 Å². The summed E-state index contributed by atoms with van der Waals surface area (Å²) in [5, 5.41) is 18.9. The molecule has 8 nitrogen and oxygen atoms in total. The van der Waals surface area contributed by atoms with Crippen LogP contribution in [0.25, 0.3) is 21.5 Å². The Morgan fingerprint density at radius 2 is 1.58 bits per heavy atom. The maximum Gasteiger partial charge on any atom is 0.275 e. The second kappa shape index (κ2) is 10.8. The highest BCUT2D eigenvalue weighted by Crippen LogP contribution is 2.28. The fourth-order valence-corrected chi connectivity index (χ4v) is 4.19. The van der Waals surface area contributed by atoms with E-state index in [0.29, 0.717) is 22.6 Å². The predicted octanol–water partition coefficient (Wildman–Crippen LogP) is 6.25. The van der Waals surface area contributed by atoms with Gasteiger partial charge in [-0.3, -0.25) is 14.9 Å². The number of amides is 1. The van der Waals surface area contributed by atoms with Crippen LogP contribution in [-0.2, 0) is 6.61 Å². The van der Waals surface area contributed by atoms with E-state index in [1.165, 1.54) is 19.2 Å². The fraction of sp³-hybridized carbons (Fsp3) is 0.0667. The van der Waals surface area contributed by atoms with E-state index in [4.69, 9.17) is 9.47 Å². The number of fused-ring (bicyclic) bond motifs is 2. The third-order valence-electron chi connectivity index (χ3n) is 6.14. The van der Waals surface area contributed by atoms with Gasteiger partial charge in [-0.25, -0.2) is 5.43 Å². The van der Waals surface area contributed by atoms with Crippen LogP contribution < -0.4 is 14.9 Å². The number of ether oxygens (including phenoxy) is 2. The van der Waals surface area contributed by atoms with E-state index >= 15 is 0 Å². The summed E-state index contributed by atoms with van der Waals surface area (Å²) in [6, 6.07) is 29.1. The molecule has 5 rings (SSSR count).